The summed E-state index contributed by atoms with van der Waals surface area (Å²) in [6, 6.07) is 5.92. The summed E-state index contributed by atoms with van der Waals surface area (Å²) < 4.78 is 6.34. The summed E-state index contributed by atoms with van der Waals surface area (Å²) in [7, 11) is 3.66. The molecule has 0 aliphatic heterocycles. The number of benzene rings is 1. The van der Waals surface area contributed by atoms with Crippen molar-refractivity contribution < 1.29 is 4.74 Å². The number of hydrogen-bond donors (Lipinski definition) is 0. The van der Waals surface area contributed by atoms with Gasteiger partial charge in [0.2, 0.25) is 0 Å². The zero-order chi connectivity index (χ0) is 12.3. The molecule has 3 nitrogen and oxygen atoms in total. The molecule has 2 aromatic rings. The van der Waals surface area contributed by atoms with E-state index in [-0.39, 0.29) is 0 Å². The first-order valence-corrected chi connectivity index (χ1v) is 6.10. The predicted octanol–water partition coefficient (Wildman–Crippen LogP) is 2.37. The van der Waals surface area contributed by atoms with Crippen molar-refractivity contribution in [1.82, 2.24) is 9.88 Å². The number of fused-ring (bicyclic) bond motifs is 1. The molecular formula is C13H14N2OS. The molecule has 1 aromatic heterocycles. The van der Waals surface area contributed by atoms with E-state index < -0.39 is 0 Å². The molecule has 0 saturated carbocycles. The Morgan fingerprint density at radius 2 is 2.35 bits per heavy atom. The molecule has 0 aliphatic rings. The number of rotatable bonds is 4. The van der Waals surface area contributed by atoms with Gasteiger partial charge < -0.3 is 4.74 Å². The highest BCUT2D eigenvalue weighted by molar-refractivity contribution is 7.18. The molecule has 1 aromatic carbocycles. The fraction of sp³-hybridized carbons (Fsp3) is 0.308. The summed E-state index contributed by atoms with van der Waals surface area (Å²) in [5.74, 6) is 3.49. The summed E-state index contributed by atoms with van der Waals surface area (Å²) in [5, 5.41) is 1.08. The van der Waals surface area contributed by atoms with Crippen LogP contribution in [0.4, 0.5) is 0 Å². The lowest BCUT2D eigenvalue weighted by molar-refractivity contribution is 0.369. The molecule has 4 heteroatoms. The van der Waals surface area contributed by atoms with E-state index in [1.165, 1.54) is 0 Å². The van der Waals surface area contributed by atoms with Gasteiger partial charge in [0.25, 0.3) is 0 Å². The highest BCUT2D eigenvalue weighted by atomic mass is 32.1. The summed E-state index contributed by atoms with van der Waals surface area (Å²) in [6.45, 7) is 1.42. The highest BCUT2D eigenvalue weighted by Gasteiger charge is 2.06. The van der Waals surface area contributed by atoms with E-state index in [2.05, 4.69) is 15.8 Å². The Hall–Kier alpha value is -1.57. The summed E-state index contributed by atoms with van der Waals surface area (Å²) in [6.07, 6.45) is 5.27. The maximum atomic E-state index is 5.27. The predicted molar refractivity (Wildman–Crippen MR) is 71.3 cm³/mol. The average molecular weight is 246 g/mol. The number of hydrogen-bond acceptors (Lipinski definition) is 4. The maximum Gasteiger partial charge on any atom is 0.120 e. The van der Waals surface area contributed by atoms with Crippen LogP contribution in [0, 0.1) is 12.3 Å². The van der Waals surface area contributed by atoms with Crippen molar-refractivity contribution in [2.75, 3.05) is 20.7 Å². The highest BCUT2D eigenvalue weighted by Crippen LogP contribution is 2.26. The minimum atomic E-state index is 0.638. The molecule has 1 heterocycles. The number of ether oxygens (including phenoxy) is 1. The van der Waals surface area contributed by atoms with Gasteiger partial charge in [-0.25, -0.2) is 4.98 Å². The first-order valence-electron chi connectivity index (χ1n) is 5.28. The minimum Gasteiger partial charge on any atom is -0.497 e. The second-order valence-electron chi connectivity index (χ2n) is 3.82. The SMILES string of the molecule is C#CCN(C)Cc1nc2ccc(OC)cc2s1. The first-order chi connectivity index (χ1) is 8.22. The van der Waals surface area contributed by atoms with Gasteiger partial charge in [0.05, 0.1) is 30.4 Å². The molecule has 0 N–H and O–H groups in total. The number of methoxy groups -OCH3 is 1. The molecule has 2 rings (SSSR count). The molecule has 0 amide bonds. The molecule has 17 heavy (non-hydrogen) atoms. The topological polar surface area (TPSA) is 25.4 Å². The van der Waals surface area contributed by atoms with Crippen LogP contribution in [-0.4, -0.2) is 30.6 Å². The van der Waals surface area contributed by atoms with Crippen LogP contribution in [0.2, 0.25) is 0 Å². The van der Waals surface area contributed by atoms with Gasteiger partial charge in [-0.3, -0.25) is 4.90 Å². The Balaban J connectivity index is 2.23. The van der Waals surface area contributed by atoms with Crippen LogP contribution in [-0.2, 0) is 6.54 Å². The largest absolute Gasteiger partial charge is 0.497 e. The Kier molecular flexibility index (Phi) is 3.62. The van der Waals surface area contributed by atoms with E-state index in [0.717, 1.165) is 27.5 Å². The molecule has 0 saturated heterocycles. The zero-order valence-electron chi connectivity index (χ0n) is 9.93. The molecule has 0 bridgehead atoms. The van der Waals surface area contributed by atoms with E-state index in [1.54, 1.807) is 18.4 Å². The van der Waals surface area contributed by atoms with Gasteiger partial charge in [0.15, 0.2) is 0 Å². The molecule has 0 atom stereocenters. The van der Waals surface area contributed by atoms with Crippen molar-refractivity contribution in [3.63, 3.8) is 0 Å². The van der Waals surface area contributed by atoms with E-state index in [1.807, 2.05) is 25.2 Å². The number of nitrogens with zero attached hydrogens (tertiary/aromatic N) is 2. The Labute approximate surface area is 105 Å². The van der Waals surface area contributed by atoms with Crippen molar-refractivity contribution in [3.8, 4) is 18.1 Å². The minimum absolute atomic E-state index is 0.638. The Morgan fingerprint density at radius 3 is 3.06 bits per heavy atom. The normalized spacial score (nSPS) is 10.7. The van der Waals surface area contributed by atoms with Crippen molar-refractivity contribution in [2.45, 2.75) is 6.54 Å². The Morgan fingerprint density at radius 1 is 1.53 bits per heavy atom. The third-order valence-corrected chi connectivity index (χ3v) is 3.41. The van der Waals surface area contributed by atoms with Gasteiger partial charge in [0.1, 0.15) is 10.8 Å². The van der Waals surface area contributed by atoms with Gasteiger partial charge in [-0.2, -0.15) is 0 Å². The fourth-order valence-electron chi connectivity index (χ4n) is 1.59. The van der Waals surface area contributed by atoms with Gasteiger partial charge in [-0.05, 0) is 25.2 Å². The average Bonchev–Trinajstić information content (AvgIpc) is 2.69. The lowest BCUT2D eigenvalue weighted by atomic mass is 10.3. The first kappa shape index (κ1) is 11.9. The van der Waals surface area contributed by atoms with E-state index in [0.29, 0.717) is 6.54 Å². The standard InChI is InChI=1S/C13H14N2OS/c1-4-7-15(2)9-13-14-11-6-5-10(16-3)8-12(11)17-13/h1,5-6,8H,7,9H2,2-3H3. The molecule has 0 radical (unpaired) electrons. The summed E-state index contributed by atoms with van der Waals surface area (Å²) in [4.78, 5) is 6.63. The smallest absolute Gasteiger partial charge is 0.120 e. The van der Waals surface area contributed by atoms with Crippen molar-refractivity contribution in [1.29, 1.82) is 0 Å². The molecule has 0 spiro atoms. The van der Waals surface area contributed by atoms with Crippen LogP contribution < -0.4 is 4.74 Å². The second-order valence-corrected chi connectivity index (χ2v) is 4.93. The van der Waals surface area contributed by atoms with Crippen molar-refractivity contribution in [2.24, 2.45) is 0 Å². The lowest BCUT2D eigenvalue weighted by Gasteiger charge is -2.09. The molecular weight excluding hydrogens is 232 g/mol. The fourth-order valence-corrected chi connectivity index (χ4v) is 2.67. The number of thiazole rings is 1. The summed E-state index contributed by atoms with van der Waals surface area (Å²) in [5.41, 5.74) is 1.01. The monoisotopic (exact) mass is 246 g/mol. The van der Waals surface area contributed by atoms with Gasteiger partial charge >= 0.3 is 0 Å². The number of aromatic nitrogens is 1. The van der Waals surface area contributed by atoms with Gasteiger partial charge in [0, 0.05) is 0 Å². The van der Waals surface area contributed by atoms with Crippen LogP contribution in [0.1, 0.15) is 5.01 Å². The molecule has 0 fully saturated rings. The van der Waals surface area contributed by atoms with Crippen LogP contribution >= 0.6 is 11.3 Å². The summed E-state index contributed by atoms with van der Waals surface area (Å²) >= 11 is 1.68. The quantitative estimate of drug-likeness (QED) is 0.774. The number of terminal acetylenes is 1. The second kappa shape index (κ2) is 5.17. The molecule has 88 valence electrons. The lowest BCUT2D eigenvalue weighted by Crippen LogP contribution is -2.17. The molecule has 0 aliphatic carbocycles. The third kappa shape index (κ3) is 2.76. The maximum absolute atomic E-state index is 5.27. The van der Waals surface area contributed by atoms with Crippen LogP contribution in [0.15, 0.2) is 18.2 Å². The zero-order valence-corrected chi connectivity index (χ0v) is 10.8. The Bertz CT molecular complexity index is 556. The third-order valence-electron chi connectivity index (χ3n) is 2.41. The van der Waals surface area contributed by atoms with Crippen molar-refractivity contribution in [3.05, 3.63) is 23.2 Å². The molecule has 0 unspecified atom stereocenters. The van der Waals surface area contributed by atoms with E-state index in [4.69, 9.17) is 11.2 Å². The van der Waals surface area contributed by atoms with Gasteiger partial charge in [-0.15, -0.1) is 17.8 Å². The van der Waals surface area contributed by atoms with Crippen LogP contribution in [0.3, 0.4) is 0 Å². The van der Waals surface area contributed by atoms with Crippen molar-refractivity contribution >= 4 is 21.6 Å². The van der Waals surface area contributed by atoms with Crippen LogP contribution in [0.5, 0.6) is 5.75 Å². The van der Waals surface area contributed by atoms with E-state index >= 15 is 0 Å². The van der Waals surface area contributed by atoms with Gasteiger partial charge in [-0.1, -0.05) is 5.92 Å². The van der Waals surface area contributed by atoms with Crippen LogP contribution in [0.25, 0.3) is 10.2 Å². The van der Waals surface area contributed by atoms with E-state index in [9.17, 15) is 0 Å².